The average molecular weight is 332 g/mol. The molecule has 5 nitrogen and oxygen atoms in total. The highest BCUT2D eigenvalue weighted by atomic mass is 16.1. The quantitative estimate of drug-likeness (QED) is 0.761. The third-order valence-electron chi connectivity index (χ3n) is 3.82. The highest BCUT2D eigenvalue weighted by Crippen LogP contribution is 2.23. The van der Waals surface area contributed by atoms with Crippen molar-refractivity contribution in [3.63, 3.8) is 0 Å². The third-order valence-corrected chi connectivity index (χ3v) is 3.82. The molecule has 0 bridgehead atoms. The predicted molar refractivity (Wildman–Crippen MR) is 100 cm³/mol. The average Bonchev–Trinajstić information content (AvgIpc) is 2.64. The van der Waals surface area contributed by atoms with Crippen LogP contribution in [0.25, 0.3) is 0 Å². The lowest BCUT2D eigenvalue weighted by Crippen LogP contribution is -2.19. The lowest BCUT2D eigenvalue weighted by atomic mass is 10.2. The molecule has 0 aliphatic rings. The van der Waals surface area contributed by atoms with E-state index in [1.54, 1.807) is 6.07 Å². The van der Waals surface area contributed by atoms with Gasteiger partial charge in [0.25, 0.3) is 5.91 Å². The number of hydrogen-bond acceptors (Lipinski definition) is 4. The summed E-state index contributed by atoms with van der Waals surface area (Å²) in [5.41, 5.74) is 3.25. The fraction of sp³-hybridized carbons (Fsp3) is 0.150. The summed E-state index contributed by atoms with van der Waals surface area (Å²) in [7, 11) is 0. The highest BCUT2D eigenvalue weighted by Gasteiger charge is 2.12. The Morgan fingerprint density at radius 2 is 1.80 bits per heavy atom. The van der Waals surface area contributed by atoms with Crippen LogP contribution < -0.4 is 10.2 Å². The van der Waals surface area contributed by atoms with Gasteiger partial charge in [-0.25, -0.2) is 0 Å². The molecule has 0 fully saturated rings. The van der Waals surface area contributed by atoms with Crippen LogP contribution in [0.1, 0.15) is 23.0 Å². The van der Waals surface area contributed by atoms with Crippen LogP contribution in [0.2, 0.25) is 0 Å². The molecular weight excluding hydrogens is 312 g/mol. The van der Waals surface area contributed by atoms with Crippen molar-refractivity contribution in [1.82, 2.24) is 10.2 Å². The summed E-state index contributed by atoms with van der Waals surface area (Å²) in [5, 5.41) is 11.1. The summed E-state index contributed by atoms with van der Waals surface area (Å²) < 4.78 is 0. The van der Waals surface area contributed by atoms with Gasteiger partial charge in [0.2, 0.25) is 0 Å². The first-order valence-corrected chi connectivity index (χ1v) is 8.21. The van der Waals surface area contributed by atoms with Crippen molar-refractivity contribution in [2.24, 2.45) is 0 Å². The van der Waals surface area contributed by atoms with E-state index in [0.717, 1.165) is 17.9 Å². The van der Waals surface area contributed by atoms with Crippen molar-refractivity contribution in [3.05, 3.63) is 78.0 Å². The van der Waals surface area contributed by atoms with E-state index in [0.29, 0.717) is 5.82 Å². The van der Waals surface area contributed by atoms with Crippen LogP contribution in [0.5, 0.6) is 0 Å². The summed E-state index contributed by atoms with van der Waals surface area (Å²) in [6, 6.07) is 21.0. The number of carbonyl (C=O) groups excluding carboxylic acids is 1. The first kappa shape index (κ1) is 16.6. The van der Waals surface area contributed by atoms with Gasteiger partial charge in [-0.3, -0.25) is 4.79 Å². The molecule has 0 saturated heterocycles. The molecular formula is C20H20N4O. The molecule has 2 aromatic carbocycles. The molecule has 0 unspecified atom stereocenters. The Bertz CT molecular complexity index is 847. The van der Waals surface area contributed by atoms with E-state index >= 15 is 0 Å². The minimum atomic E-state index is -0.274. The van der Waals surface area contributed by atoms with Crippen molar-refractivity contribution in [2.75, 3.05) is 16.8 Å². The maximum Gasteiger partial charge on any atom is 0.276 e. The van der Waals surface area contributed by atoms with Crippen LogP contribution >= 0.6 is 0 Å². The Labute approximate surface area is 147 Å². The molecule has 25 heavy (non-hydrogen) atoms. The van der Waals surface area contributed by atoms with Crippen LogP contribution in [0, 0.1) is 6.92 Å². The standard InChI is InChI=1S/C20H20N4O/c1-3-24(17-11-7-8-15(2)14-17)19-13-12-18(22-23-19)20(25)21-16-9-5-4-6-10-16/h4-14H,3H2,1-2H3,(H,21,25). The Kier molecular flexibility index (Phi) is 5.04. The number of anilines is 3. The first-order chi connectivity index (χ1) is 12.2. The van der Waals surface area contributed by atoms with E-state index in [4.69, 9.17) is 0 Å². The number of nitrogens with one attached hydrogen (secondary N) is 1. The van der Waals surface area contributed by atoms with E-state index in [9.17, 15) is 4.79 Å². The smallest absolute Gasteiger partial charge is 0.276 e. The number of aryl methyl sites for hydroxylation is 1. The van der Waals surface area contributed by atoms with Gasteiger partial charge in [-0.05, 0) is 55.8 Å². The molecule has 0 aliphatic carbocycles. The van der Waals surface area contributed by atoms with Crippen molar-refractivity contribution < 1.29 is 4.79 Å². The summed E-state index contributed by atoms with van der Waals surface area (Å²) in [6.07, 6.45) is 0. The van der Waals surface area contributed by atoms with Crippen LogP contribution in [-0.2, 0) is 0 Å². The number of rotatable bonds is 5. The molecule has 1 aromatic heterocycles. The molecule has 0 spiro atoms. The van der Waals surface area contributed by atoms with Gasteiger partial charge < -0.3 is 10.2 Å². The first-order valence-electron chi connectivity index (χ1n) is 8.21. The molecule has 0 atom stereocenters. The Hall–Kier alpha value is -3.21. The normalized spacial score (nSPS) is 10.3. The summed E-state index contributed by atoms with van der Waals surface area (Å²) in [5.74, 6) is 0.438. The van der Waals surface area contributed by atoms with E-state index in [1.807, 2.05) is 48.5 Å². The maximum absolute atomic E-state index is 12.3. The minimum absolute atomic E-state index is 0.274. The number of carbonyl (C=O) groups is 1. The van der Waals surface area contributed by atoms with Crippen molar-refractivity contribution in [1.29, 1.82) is 0 Å². The fourth-order valence-corrected chi connectivity index (χ4v) is 2.58. The summed E-state index contributed by atoms with van der Waals surface area (Å²) in [4.78, 5) is 14.3. The number of nitrogens with zero attached hydrogens (tertiary/aromatic N) is 3. The molecule has 3 aromatic rings. The highest BCUT2D eigenvalue weighted by molar-refractivity contribution is 6.02. The molecule has 0 aliphatic heterocycles. The second-order valence-corrected chi connectivity index (χ2v) is 5.68. The number of aromatic nitrogens is 2. The van der Waals surface area contributed by atoms with Gasteiger partial charge >= 0.3 is 0 Å². The van der Waals surface area contributed by atoms with Crippen molar-refractivity contribution in [2.45, 2.75) is 13.8 Å². The zero-order valence-corrected chi connectivity index (χ0v) is 14.3. The molecule has 1 heterocycles. The molecule has 5 heteroatoms. The van der Waals surface area contributed by atoms with Gasteiger partial charge in [-0.1, -0.05) is 30.3 Å². The Balaban J connectivity index is 1.78. The number of hydrogen-bond donors (Lipinski definition) is 1. The molecule has 3 rings (SSSR count). The van der Waals surface area contributed by atoms with E-state index < -0.39 is 0 Å². The van der Waals surface area contributed by atoms with Gasteiger partial charge in [0.1, 0.15) is 0 Å². The topological polar surface area (TPSA) is 58.1 Å². The largest absolute Gasteiger partial charge is 0.325 e. The second-order valence-electron chi connectivity index (χ2n) is 5.68. The van der Waals surface area contributed by atoms with Gasteiger partial charge in [-0.15, -0.1) is 10.2 Å². The summed E-state index contributed by atoms with van der Waals surface area (Å²) >= 11 is 0. The number of benzene rings is 2. The number of amides is 1. The Morgan fingerprint density at radius 1 is 1.00 bits per heavy atom. The zero-order valence-electron chi connectivity index (χ0n) is 14.3. The Morgan fingerprint density at radius 3 is 2.44 bits per heavy atom. The fourth-order valence-electron chi connectivity index (χ4n) is 2.58. The predicted octanol–water partition coefficient (Wildman–Crippen LogP) is 4.20. The third kappa shape index (κ3) is 4.01. The van der Waals surface area contributed by atoms with Crippen LogP contribution in [0.4, 0.5) is 17.2 Å². The molecule has 1 N–H and O–H groups in total. The van der Waals surface area contributed by atoms with E-state index in [1.165, 1.54) is 5.56 Å². The zero-order chi connectivity index (χ0) is 17.6. The van der Waals surface area contributed by atoms with Crippen molar-refractivity contribution >= 4 is 23.1 Å². The molecule has 126 valence electrons. The van der Waals surface area contributed by atoms with Crippen LogP contribution in [0.15, 0.2) is 66.7 Å². The maximum atomic E-state index is 12.3. The number of para-hydroxylation sites is 1. The SMILES string of the molecule is CCN(c1cccc(C)c1)c1ccc(C(=O)Nc2ccccc2)nn1. The van der Waals surface area contributed by atoms with Crippen molar-refractivity contribution in [3.8, 4) is 0 Å². The lowest BCUT2D eigenvalue weighted by Gasteiger charge is -2.22. The van der Waals surface area contributed by atoms with E-state index in [-0.39, 0.29) is 11.6 Å². The van der Waals surface area contributed by atoms with Crippen LogP contribution in [0.3, 0.4) is 0 Å². The van der Waals surface area contributed by atoms with Gasteiger partial charge in [0.05, 0.1) is 0 Å². The van der Waals surface area contributed by atoms with Crippen LogP contribution in [-0.4, -0.2) is 22.6 Å². The van der Waals surface area contributed by atoms with Gasteiger partial charge in [0.15, 0.2) is 11.5 Å². The molecule has 0 radical (unpaired) electrons. The van der Waals surface area contributed by atoms with Gasteiger partial charge in [0, 0.05) is 17.9 Å². The van der Waals surface area contributed by atoms with Gasteiger partial charge in [-0.2, -0.15) is 0 Å². The molecule has 1 amide bonds. The lowest BCUT2D eigenvalue weighted by molar-refractivity contribution is 0.102. The van der Waals surface area contributed by atoms with E-state index in [2.05, 4.69) is 46.4 Å². The minimum Gasteiger partial charge on any atom is -0.325 e. The molecule has 0 saturated carbocycles. The summed E-state index contributed by atoms with van der Waals surface area (Å²) in [6.45, 7) is 4.87. The monoisotopic (exact) mass is 332 g/mol. The second kappa shape index (κ2) is 7.57.